The number of nitrogens with zero attached hydrogens (tertiary/aromatic N) is 2. The number of hydrogen-bond acceptors (Lipinski definition) is 2. The summed E-state index contributed by atoms with van der Waals surface area (Å²) in [7, 11) is 1.67. The molecule has 1 N–H and O–H groups in total. The van der Waals surface area contributed by atoms with Gasteiger partial charge in [0.15, 0.2) is 0 Å². The van der Waals surface area contributed by atoms with Crippen molar-refractivity contribution in [3.63, 3.8) is 0 Å². The first-order valence-corrected chi connectivity index (χ1v) is 3.02. The zero-order chi connectivity index (χ0) is 7.40. The maximum atomic E-state index is 8.69. The summed E-state index contributed by atoms with van der Waals surface area (Å²) in [6.45, 7) is 0.0467. The summed E-state index contributed by atoms with van der Waals surface area (Å²) in [5.41, 5.74) is 0.843. The van der Waals surface area contributed by atoms with Crippen LogP contribution in [0.4, 0.5) is 5.82 Å². The van der Waals surface area contributed by atoms with Crippen LogP contribution in [0.5, 0.6) is 0 Å². The summed E-state index contributed by atoms with van der Waals surface area (Å²) in [6, 6.07) is 3.51. The second kappa shape index (κ2) is 3.17. The minimum atomic E-state index is 0.0467. The van der Waals surface area contributed by atoms with Crippen LogP contribution in [-0.2, 0) is 6.61 Å². The SMILES string of the molecule is C[N-]c1cc(CO)ccn1. The summed E-state index contributed by atoms with van der Waals surface area (Å²) in [5, 5.41) is 12.5. The van der Waals surface area contributed by atoms with E-state index in [2.05, 4.69) is 10.3 Å². The van der Waals surface area contributed by atoms with E-state index >= 15 is 0 Å². The molecule has 0 saturated heterocycles. The van der Waals surface area contributed by atoms with Gasteiger partial charge in [-0.2, -0.15) is 0 Å². The maximum Gasteiger partial charge on any atom is 0.0681 e. The number of aliphatic hydroxyl groups is 1. The monoisotopic (exact) mass is 137 g/mol. The fourth-order valence-corrected chi connectivity index (χ4v) is 0.681. The Morgan fingerprint density at radius 2 is 2.50 bits per heavy atom. The molecule has 3 heteroatoms. The molecule has 54 valence electrons. The van der Waals surface area contributed by atoms with Crippen molar-refractivity contribution in [1.29, 1.82) is 0 Å². The first kappa shape index (κ1) is 7.02. The predicted octanol–water partition coefficient (Wildman–Crippen LogP) is 1.21. The molecule has 1 heterocycles. The van der Waals surface area contributed by atoms with Gasteiger partial charge in [0.1, 0.15) is 0 Å². The van der Waals surface area contributed by atoms with E-state index in [9.17, 15) is 0 Å². The van der Waals surface area contributed by atoms with Crippen molar-refractivity contribution in [1.82, 2.24) is 4.98 Å². The predicted molar refractivity (Wildman–Crippen MR) is 39.1 cm³/mol. The summed E-state index contributed by atoms with van der Waals surface area (Å²) in [5.74, 6) is 0.659. The van der Waals surface area contributed by atoms with Crippen molar-refractivity contribution >= 4 is 5.82 Å². The normalized spacial score (nSPS) is 9.40. The van der Waals surface area contributed by atoms with Gasteiger partial charge in [-0.3, -0.25) is 0 Å². The number of hydrogen-bond donors (Lipinski definition) is 1. The minimum absolute atomic E-state index is 0.0467. The van der Waals surface area contributed by atoms with Gasteiger partial charge in [-0.1, -0.05) is 31.2 Å². The largest absolute Gasteiger partial charge is 0.469 e. The van der Waals surface area contributed by atoms with E-state index in [1.54, 1.807) is 25.4 Å². The number of aliphatic hydroxyl groups excluding tert-OH is 1. The summed E-state index contributed by atoms with van der Waals surface area (Å²) in [6.07, 6.45) is 1.63. The molecule has 0 fully saturated rings. The maximum absolute atomic E-state index is 8.69. The topological polar surface area (TPSA) is 47.2 Å². The van der Waals surface area contributed by atoms with E-state index in [0.29, 0.717) is 5.82 Å². The van der Waals surface area contributed by atoms with Crippen molar-refractivity contribution in [2.45, 2.75) is 6.61 Å². The second-order valence-electron chi connectivity index (χ2n) is 1.90. The molecule has 0 unspecified atom stereocenters. The molecule has 0 radical (unpaired) electrons. The van der Waals surface area contributed by atoms with E-state index < -0.39 is 0 Å². The first-order valence-electron chi connectivity index (χ1n) is 3.02. The van der Waals surface area contributed by atoms with Crippen LogP contribution < -0.4 is 0 Å². The molecule has 1 rings (SSSR count). The van der Waals surface area contributed by atoms with Crippen LogP contribution >= 0.6 is 0 Å². The van der Waals surface area contributed by atoms with Crippen LogP contribution in [0.1, 0.15) is 5.56 Å². The molecule has 0 aliphatic carbocycles. The molecule has 1 aromatic heterocycles. The number of aromatic nitrogens is 1. The lowest BCUT2D eigenvalue weighted by molar-refractivity contribution is 0.282. The first-order chi connectivity index (χ1) is 4.86. The van der Waals surface area contributed by atoms with Gasteiger partial charge in [0, 0.05) is 0 Å². The Kier molecular flexibility index (Phi) is 2.23. The highest BCUT2D eigenvalue weighted by Crippen LogP contribution is 2.12. The molecule has 0 aromatic carbocycles. The Morgan fingerprint density at radius 3 is 3.10 bits per heavy atom. The molecule has 3 nitrogen and oxygen atoms in total. The molecule has 1 aromatic rings. The van der Waals surface area contributed by atoms with Crippen molar-refractivity contribution in [3.05, 3.63) is 29.2 Å². The Hall–Kier alpha value is -1.09. The minimum Gasteiger partial charge on any atom is -0.469 e. The highest BCUT2D eigenvalue weighted by molar-refractivity contribution is 5.40. The van der Waals surface area contributed by atoms with Gasteiger partial charge in [0.05, 0.1) is 6.61 Å². The zero-order valence-corrected chi connectivity index (χ0v) is 5.78. The van der Waals surface area contributed by atoms with Gasteiger partial charge in [-0.25, -0.2) is 0 Å². The van der Waals surface area contributed by atoms with Crippen molar-refractivity contribution in [3.8, 4) is 0 Å². The summed E-state index contributed by atoms with van der Waals surface area (Å²) < 4.78 is 0. The van der Waals surface area contributed by atoms with Gasteiger partial charge < -0.3 is 15.4 Å². The average molecular weight is 137 g/mol. The summed E-state index contributed by atoms with van der Waals surface area (Å²) >= 11 is 0. The molecule has 0 bridgehead atoms. The third-order valence-corrected chi connectivity index (χ3v) is 1.22. The third-order valence-electron chi connectivity index (χ3n) is 1.22. The Bertz CT molecular complexity index is 193. The van der Waals surface area contributed by atoms with E-state index in [1.807, 2.05) is 0 Å². The molecular weight excluding hydrogens is 128 g/mol. The Labute approximate surface area is 59.7 Å². The fourth-order valence-electron chi connectivity index (χ4n) is 0.681. The van der Waals surface area contributed by atoms with E-state index in [4.69, 9.17) is 5.11 Å². The van der Waals surface area contributed by atoms with Gasteiger partial charge in [0.2, 0.25) is 0 Å². The van der Waals surface area contributed by atoms with Crippen LogP contribution in [0.25, 0.3) is 5.32 Å². The lowest BCUT2D eigenvalue weighted by Gasteiger charge is -2.09. The standard InChI is InChI=1S/C7H9N2O/c1-8-7-4-6(5-10)2-3-9-7/h2-4,10H,5H2,1H3/q-1. The molecule has 0 aliphatic heterocycles. The van der Waals surface area contributed by atoms with Crippen LogP contribution in [0.3, 0.4) is 0 Å². The number of rotatable bonds is 2. The number of pyridine rings is 1. The van der Waals surface area contributed by atoms with Gasteiger partial charge in [0.25, 0.3) is 0 Å². The molecule has 0 aliphatic rings. The average Bonchev–Trinajstić information content (AvgIpc) is 2.05. The van der Waals surface area contributed by atoms with Gasteiger partial charge >= 0.3 is 0 Å². The highest BCUT2D eigenvalue weighted by Gasteiger charge is 1.84. The lowest BCUT2D eigenvalue weighted by Crippen LogP contribution is -1.83. The second-order valence-corrected chi connectivity index (χ2v) is 1.90. The van der Waals surface area contributed by atoms with E-state index in [1.165, 1.54) is 0 Å². The third kappa shape index (κ3) is 1.45. The molecular formula is C7H9N2O-. The Balaban J connectivity index is 2.87. The van der Waals surface area contributed by atoms with E-state index in [-0.39, 0.29) is 6.61 Å². The lowest BCUT2D eigenvalue weighted by atomic mass is 10.3. The fraction of sp³-hybridized carbons (Fsp3) is 0.286. The van der Waals surface area contributed by atoms with Gasteiger partial charge in [-0.15, -0.1) is 0 Å². The molecule has 10 heavy (non-hydrogen) atoms. The molecule has 0 saturated carbocycles. The Morgan fingerprint density at radius 1 is 1.70 bits per heavy atom. The smallest absolute Gasteiger partial charge is 0.0681 e. The van der Waals surface area contributed by atoms with Crippen molar-refractivity contribution in [2.75, 3.05) is 7.05 Å². The molecule has 0 atom stereocenters. The molecule has 0 amide bonds. The summed E-state index contributed by atoms with van der Waals surface area (Å²) in [4.78, 5) is 3.93. The van der Waals surface area contributed by atoms with Gasteiger partial charge in [-0.05, 0) is 5.56 Å². The van der Waals surface area contributed by atoms with Crippen LogP contribution in [-0.4, -0.2) is 17.1 Å². The van der Waals surface area contributed by atoms with Crippen molar-refractivity contribution < 1.29 is 5.11 Å². The highest BCUT2D eigenvalue weighted by atomic mass is 16.3. The van der Waals surface area contributed by atoms with Crippen molar-refractivity contribution in [2.24, 2.45) is 0 Å². The van der Waals surface area contributed by atoms with Crippen LogP contribution in [0.15, 0.2) is 18.3 Å². The van der Waals surface area contributed by atoms with Crippen LogP contribution in [0, 0.1) is 0 Å². The molecule has 0 spiro atoms. The van der Waals surface area contributed by atoms with E-state index in [0.717, 1.165) is 5.56 Å². The van der Waals surface area contributed by atoms with Crippen LogP contribution in [0.2, 0.25) is 0 Å². The quantitative estimate of drug-likeness (QED) is 0.666. The zero-order valence-electron chi connectivity index (χ0n) is 5.78.